The Morgan fingerprint density at radius 3 is 2.12 bits per heavy atom. The summed E-state index contributed by atoms with van der Waals surface area (Å²) >= 11 is 0. The summed E-state index contributed by atoms with van der Waals surface area (Å²) in [4.78, 5) is 0.123. The van der Waals surface area contributed by atoms with E-state index in [1.54, 1.807) is 12.1 Å². The fraction of sp³-hybridized carbons (Fsp3) is 0.0769. The summed E-state index contributed by atoms with van der Waals surface area (Å²) in [5.41, 5.74) is 2.95. The third-order valence-corrected chi connectivity index (χ3v) is 3.82. The first-order valence-electron chi connectivity index (χ1n) is 5.08. The summed E-state index contributed by atoms with van der Waals surface area (Å²) < 4.78 is 22.5. The summed E-state index contributed by atoms with van der Waals surface area (Å²) in [7, 11) is 1.65. The van der Waals surface area contributed by atoms with Crippen molar-refractivity contribution < 1.29 is 8.42 Å². The zero-order valence-electron chi connectivity index (χ0n) is 9.22. The molecule has 0 N–H and O–H groups in total. The fourth-order valence-electron chi connectivity index (χ4n) is 1.65. The summed E-state index contributed by atoms with van der Waals surface area (Å²) in [6.45, 7) is 1.99. The van der Waals surface area contributed by atoms with Crippen molar-refractivity contribution in [1.82, 2.24) is 0 Å². The lowest BCUT2D eigenvalue weighted by atomic mass is 10.0. The van der Waals surface area contributed by atoms with E-state index >= 15 is 0 Å². The Bertz CT molecular complexity index is 648. The third-order valence-electron chi connectivity index (χ3n) is 2.47. The lowest BCUT2D eigenvalue weighted by Gasteiger charge is -2.04. The first-order chi connectivity index (χ1) is 7.97. The Kier molecular flexibility index (Phi) is 3.22. The van der Waals surface area contributed by atoms with Crippen LogP contribution in [0, 0.1) is 6.92 Å². The van der Waals surface area contributed by atoms with Crippen molar-refractivity contribution in [2.75, 3.05) is 0 Å². The number of hydrogen-bond donors (Lipinski definition) is 0. The van der Waals surface area contributed by atoms with E-state index in [1.807, 2.05) is 37.3 Å². The molecule has 0 aliphatic rings. The molecule has 0 saturated carbocycles. The van der Waals surface area contributed by atoms with Crippen molar-refractivity contribution in [2.45, 2.75) is 11.8 Å². The summed E-state index contributed by atoms with van der Waals surface area (Å²) in [5.74, 6) is 0. The van der Waals surface area contributed by atoms with Crippen LogP contribution in [0.15, 0.2) is 53.4 Å². The van der Waals surface area contributed by atoms with Crippen LogP contribution in [0.3, 0.4) is 0 Å². The van der Waals surface area contributed by atoms with Gasteiger partial charge in [-0.15, -0.1) is 0 Å². The second-order valence-corrected chi connectivity index (χ2v) is 6.40. The van der Waals surface area contributed by atoms with Crippen molar-refractivity contribution in [3.63, 3.8) is 0 Å². The molecule has 0 fully saturated rings. The number of hydrogen-bond acceptors (Lipinski definition) is 2. The van der Waals surface area contributed by atoms with E-state index in [2.05, 4.69) is 0 Å². The molecular weight excluding hydrogens is 256 g/mol. The average molecular weight is 267 g/mol. The number of rotatable bonds is 2. The molecular formula is C13H11ClO2S. The average Bonchev–Trinajstić information content (AvgIpc) is 2.28. The summed E-state index contributed by atoms with van der Waals surface area (Å²) in [5, 5.41) is 0. The van der Waals surface area contributed by atoms with Crippen molar-refractivity contribution in [3.05, 3.63) is 54.1 Å². The van der Waals surface area contributed by atoms with Crippen LogP contribution in [0.5, 0.6) is 0 Å². The highest BCUT2D eigenvalue weighted by molar-refractivity contribution is 8.13. The van der Waals surface area contributed by atoms with E-state index in [4.69, 9.17) is 10.7 Å². The molecule has 0 saturated heterocycles. The molecule has 0 amide bonds. The van der Waals surface area contributed by atoms with E-state index in [1.165, 1.54) is 6.07 Å². The van der Waals surface area contributed by atoms with Crippen LogP contribution >= 0.6 is 10.7 Å². The Hall–Kier alpha value is -1.32. The monoisotopic (exact) mass is 266 g/mol. The summed E-state index contributed by atoms with van der Waals surface area (Å²) in [6, 6.07) is 14.5. The minimum absolute atomic E-state index is 0.123. The van der Waals surface area contributed by atoms with Gasteiger partial charge in [-0.1, -0.05) is 42.0 Å². The molecule has 2 aromatic carbocycles. The number of benzene rings is 2. The van der Waals surface area contributed by atoms with Crippen LogP contribution in [0.2, 0.25) is 0 Å². The topological polar surface area (TPSA) is 34.1 Å². The zero-order valence-corrected chi connectivity index (χ0v) is 10.8. The quantitative estimate of drug-likeness (QED) is 0.779. The molecule has 0 aliphatic carbocycles. The number of aryl methyl sites for hydroxylation is 1. The maximum atomic E-state index is 11.2. The maximum absolute atomic E-state index is 11.2. The first-order valence-corrected chi connectivity index (χ1v) is 7.39. The van der Waals surface area contributed by atoms with Crippen LogP contribution in [-0.2, 0) is 9.05 Å². The minimum Gasteiger partial charge on any atom is -0.207 e. The van der Waals surface area contributed by atoms with Crippen LogP contribution in [0.4, 0.5) is 0 Å². The Morgan fingerprint density at radius 2 is 1.53 bits per heavy atom. The molecule has 0 aromatic heterocycles. The Morgan fingerprint density at radius 1 is 0.941 bits per heavy atom. The molecule has 2 aromatic rings. The highest BCUT2D eigenvalue weighted by atomic mass is 35.7. The predicted molar refractivity (Wildman–Crippen MR) is 69.7 cm³/mol. The molecule has 4 heteroatoms. The van der Waals surface area contributed by atoms with Gasteiger partial charge >= 0.3 is 0 Å². The molecule has 0 spiro atoms. The van der Waals surface area contributed by atoms with Crippen molar-refractivity contribution in [1.29, 1.82) is 0 Å². The largest absolute Gasteiger partial charge is 0.261 e. The van der Waals surface area contributed by atoms with E-state index in [-0.39, 0.29) is 4.90 Å². The smallest absolute Gasteiger partial charge is 0.207 e. The van der Waals surface area contributed by atoms with E-state index < -0.39 is 9.05 Å². The lowest BCUT2D eigenvalue weighted by molar-refractivity contribution is 0.609. The molecule has 88 valence electrons. The van der Waals surface area contributed by atoms with E-state index in [0.29, 0.717) is 0 Å². The third kappa shape index (κ3) is 2.87. The van der Waals surface area contributed by atoms with E-state index in [9.17, 15) is 8.42 Å². The second-order valence-electron chi connectivity index (χ2n) is 3.84. The molecule has 0 radical (unpaired) electrons. The fourth-order valence-corrected chi connectivity index (χ4v) is 2.45. The standard InChI is InChI=1S/C13H11ClO2S/c1-10-4-2-5-11(8-10)12-6-3-7-13(9-12)17(14,15)16/h2-9H,1H3. The second kappa shape index (κ2) is 4.51. The predicted octanol–water partition coefficient (Wildman–Crippen LogP) is 3.59. The van der Waals surface area contributed by atoms with Gasteiger partial charge in [-0.2, -0.15) is 0 Å². The van der Waals surface area contributed by atoms with Gasteiger partial charge in [-0.3, -0.25) is 0 Å². The normalized spacial score (nSPS) is 11.4. The molecule has 0 bridgehead atoms. The minimum atomic E-state index is -3.67. The lowest BCUT2D eigenvalue weighted by Crippen LogP contribution is -1.90. The molecule has 17 heavy (non-hydrogen) atoms. The van der Waals surface area contributed by atoms with Crippen LogP contribution < -0.4 is 0 Å². The molecule has 2 rings (SSSR count). The van der Waals surface area contributed by atoms with Gasteiger partial charge in [-0.05, 0) is 30.2 Å². The van der Waals surface area contributed by atoms with Crippen LogP contribution in [-0.4, -0.2) is 8.42 Å². The van der Waals surface area contributed by atoms with E-state index in [0.717, 1.165) is 16.7 Å². The van der Waals surface area contributed by atoms with Gasteiger partial charge in [0.2, 0.25) is 0 Å². The highest BCUT2D eigenvalue weighted by Crippen LogP contribution is 2.24. The van der Waals surface area contributed by atoms with Gasteiger partial charge < -0.3 is 0 Å². The molecule has 0 atom stereocenters. The number of halogens is 1. The van der Waals surface area contributed by atoms with Gasteiger partial charge in [0, 0.05) is 10.7 Å². The van der Waals surface area contributed by atoms with Crippen LogP contribution in [0.1, 0.15) is 5.56 Å². The van der Waals surface area contributed by atoms with Crippen molar-refractivity contribution in [3.8, 4) is 11.1 Å². The SMILES string of the molecule is Cc1cccc(-c2cccc(S(=O)(=O)Cl)c2)c1. The van der Waals surface area contributed by atoms with Gasteiger partial charge in [0.15, 0.2) is 0 Å². The van der Waals surface area contributed by atoms with Crippen LogP contribution in [0.25, 0.3) is 11.1 Å². The van der Waals surface area contributed by atoms with Gasteiger partial charge in [0.05, 0.1) is 4.90 Å². The summed E-state index contributed by atoms with van der Waals surface area (Å²) in [6.07, 6.45) is 0. The molecule has 0 unspecified atom stereocenters. The first kappa shape index (κ1) is 12.1. The Labute approximate surface area is 105 Å². The van der Waals surface area contributed by atoms with Crippen molar-refractivity contribution >= 4 is 19.7 Å². The Balaban J connectivity index is 2.54. The molecule has 0 aliphatic heterocycles. The molecule has 0 heterocycles. The maximum Gasteiger partial charge on any atom is 0.261 e. The highest BCUT2D eigenvalue weighted by Gasteiger charge is 2.10. The molecule has 2 nitrogen and oxygen atoms in total. The zero-order chi connectivity index (χ0) is 12.5. The van der Waals surface area contributed by atoms with Gasteiger partial charge in [-0.25, -0.2) is 8.42 Å². The van der Waals surface area contributed by atoms with Gasteiger partial charge in [0.25, 0.3) is 9.05 Å². The van der Waals surface area contributed by atoms with Gasteiger partial charge in [0.1, 0.15) is 0 Å². The van der Waals surface area contributed by atoms with Crippen molar-refractivity contribution in [2.24, 2.45) is 0 Å².